The van der Waals surface area contributed by atoms with Crippen LogP contribution in [-0.4, -0.2) is 20.2 Å². The molecule has 0 aliphatic carbocycles. The third-order valence-corrected chi connectivity index (χ3v) is 2.59. The first-order valence-corrected chi connectivity index (χ1v) is 5.45. The van der Waals surface area contributed by atoms with Crippen molar-refractivity contribution in [2.75, 3.05) is 0 Å². The summed E-state index contributed by atoms with van der Waals surface area (Å²) in [4.78, 5) is 1.30. The number of hydrogen-bond donors (Lipinski definition) is 0. The molecule has 0 bridgehead atoms. The van der Waals surface area contributed by atoms with E-state index < -0.39 is 6.04 Å². The average Bonchev–Trinajstić information content (AvgIpc) is 2.78. The van der Waals surface area contributed by atoms with E-state index in [1.807, 2.05) is 30.3 Å². The summed E-state index contributed by atoms with van der Waals surface area (Å²) in [6.45, 7) is 1.72. The van der Waals surface area contributed by atoms with Gasteiger partial charge in [0, 0.05) is 10.0 Å². The molecule has 0 aliphatic rings. The fourth-order valence-electron chi connectivity index (χ4n) is 1.16. The number of nitrogens with zero attached hydrogens (tertiary/aromatic N) is 5. The fourth-order valence-corrected chi connectivity index (χ4v) is 1.42. The number of rotatable bonds is 2. The molecular formula is C10H8BrN5. The second kappa shape index (κ2) is 4.41. The van der Waals surface area contributed by atoms with Gasteiger partial charge in [-0.2, -0.15) is 5.26 Å². The van der Waals surface area contributed by atoms with E-state index in [4.69, 9.17) is 5.26 Å². The second-order valence-electron chi connectivity index (χ2n) is 3.25. The van der Waals surface area contributed by atoms with Gasteiger partial charge in [-0.05, 0) is 36.4 Å². The van der Waals surface area contributed by atoms with Gasteiger partial charge in [-0.3, -0.25) is 0 Å². The van der Waals surface area contributed by atoms with Crippen LogP contribution in [0.25, 0.3) is 11.4 Å². The molecule has 2 rings (SSSR count). The van der Waals surface area contributed by atoms with Crippen LogP contribution in [0.15, 0.2) is 28.7 Å². The molecule has 0 saturated carbocycles. The van der Waals surface area contributed by atoms with E-state index in [-0.39, 0.29) is 0 Å². The van der Waals surface area contributed by atoms with Crippen LogP contribution in [0.4, 0.5) is 0 Å². The molecular weight excluding hydrogens is 270 g/mol. The SMILES string of the molecule is CC(C#N)n1nnc(-c2ccc(Br)cc2)n1. The first-order valence-electron chi connectivity index (χ1n) is 4.66. The van der Waals surface area contributed by atoms with Crippen LogP contribution in [-0.2, 0) is 0 Å². The number of benzene rings is 1. The summed E-state index contributed by atoms with van der Waals surface area (Å²) in [7, 11) is 0. The van der Waals surface area contributed by atoms with E-state index in [9.17, 15) is 0 Å². The van der Waals surface area contributed by atoms with Gasteiger partial charge in [0.15, 0.2) is 6.04 Å². The zero-order valence-corrected chi connectivity index (χ0v) is 10.1. The first-order chi connectivity index (χ1) is 7.70. The minimum absolute atomic E-state index is 0.406. The molecule has 1 unspecified atom stereocenters. The number of nitriles is 1. The number of halogens is 1. The van der Waals surface area contributed by atoms with Gasteiger partial charge in [-0.15, -0.1) is 15.0 Å². The minimum atomic E-state index is -0.406. The summed E-state index contributed by atoms with van der Waals surface area (Å²) in [6.07, 6.45) is 0. The summed E-state index contributed by atoms with van der Waals surface area (Å²) in [5.74, 6) is 0.523. The Morgan fingerprint density at radius 1 is 1.38 bits per heavy atom. The third kappa shape index (κ3) is 2.09. The van der Waals surface area contributed by atoms with Gasteiger partial charge in [-0.1, -0.05) is 15.9 Å². The lowest BCUT2D eigenvalue weighted by Crippen LogP contribution is -2.06. The van der Waals surface area contributed by atoms with Gasteiger partial charge in [0.25, 0.3) is 0 Å². The molecule has 2 aromatic rings. The van der Waals surface area contributed by atoms with Crippen molar-refractivity contribution >= 4 is 15.9 Å². The molecule has 16 heavy (non-hydrogen) atoms. The third-order valence-electron chi connectivity index (χ3n) is 2.06. The topological polar surface area (TPSA) is 67.4 Å². The normalized spacial score (nSPS) is 12.1. The molecule has 5 nitrogen and oxygen atoms in total. The molecule has 1 aromatic carbocycles. The zero-order chi connectivity index (χ0) is 11.5. The first kappa shape index (κ1) is 10.8. The Balaban J connectivity index is 2.32. The van der Waals surface area contributed by atoms with E-state index >= 15 is 0 Å². The highest BCUT2D eigenvalue weighted by Gasteiger charge is 2.09. The Morgan fingerprint density at radius 2 is 2.06 bits per heavy atom. The Morgan fingerprint density at radius 3 is 2.69 bits per heavy atom. The largest absolute Gasteiger partial charge is 0.204 e. The van der Waals surface area contributed by atoms with Crippen LogP contribution in [0.1, 0.15) is 13.0 Å². The van der Waals surface area contributed by atoms with Crippen LogP contribution in [0.2, 0.25) is 0 Å². The van der Waals surface area contributed by atoms with Crippen molar-refractivity contribution in [3.05, 3.63) is 28.7 Å². The van der Waals surface area contributed by atoms with E-state index in [1.165, 1.54) is 4.80 Å². The van der Waals surface area contributed by atoms with Crippen molar-refractivity contribution in [3.8, 4) is 17.5 Å². The Labute approximate surface area is 101 Å². The minimum Gasteiger partial charge on any atom is -0.196 e. The van der Waals surface area contributed by atoms with Gasteiger partial charge in [0.1, 0.15) is 0 Å². The van der Waals surface area contributed by atoms with Crippen LogP contribution in [0.3, 0.4) is 0 Å². The van der Waals surface area contributed by atoms with Crippen molar-refractivity contribution in [1.29, 1.82) is 5.26 Å². The van der Waals surface area contributed by atoms with Crippen LogP contribution in [0, 0.1) is 11.3 Å². The van der Waals surface area contributed by atoms with E-state index in [2.05, 4.69) is 31.3 Å². The second-order valence-corrected chi connectivity index (χ2v) is 4.16. The lowest BCUT2D eigenvalue weighted by Gasteiger charge is -1.97. The van der Waals surface area contributed by atoms with Gasteiger partial charge < -0.3 is 0 Å². The summed E-state index contributed by atoms with van der Waals surface area (Å²) in [5.41, 5.74) is 0.875. The van der Waals surface area contributed by atoms with E-state index in [0.29, 0.717) is 5.82 Å². The fraction of sp³-hybridized carbons (Fsp3) is 0.200. The standard InChI is InChI=1S/C10H8BrN5/c1-7(6-12)16-14-10(13-15-16)8-2-4-9(11)5-3-8/h2-5,7H,1H3. The lowest BCUT2D eigenvalue weighted by atomic mass is 10.2. The smallest absolute Gasteiger partial charge is 0.196 e. The van der Waals surface area contributed by atoms with Crippen molar-refractivity contribution in [1.82, 2.24) is 20.2 Å². The number of hydrogen-bond acceptors (Lipinski definition) is 4. The Kier molecular flexibility index (Phi) is 2.97. The molecule has 0 fully saturated rings. The Hall–Kier alpha value is -1.74. The predicted molar refractivity (Wildman–Crippen MR) is 61.3 cm³/mol. The van der Waals surface area contributed by atoms with Gasteiger partial charge in [0.05, 0.1) is 6.07 Å². The molecule has 1 aromatic heterocycles. The molecule has 1 heterocycles. The van der Waals surface area contributed by atoms with Crippen LogP contribution < -0.4 is 0 Å². The van der Waals surface area contributed by atoms with Crippen molar-refractivity contribution in [2.45, 2.75) is 13.0 Å². The molecule has 0 saturated heterocycles. The highest BCUT2D eigenvalue weighted by molar-refractivity contribution is 9.10. The summed E-state index contributed by atoms with van der Waals surface area (Å²) < 4.78 is 0.994. The van der Waals surface area contributed by atoms with Crippen molar-refractivity contribution < 1.29 is 0 Å². The lowest BCUT2D eigenvalue weighted by molar-refractivity contribution is 0.501. The average molecular weight is 278 g/mol. The summed E-state index contributed by atoms with van der Waals surface area (Å²) >= 11 is 3.35. The monoisotopic (exact) mass is 277 g/mol. The summed E-state index contributed by atoms with van der Waals surface area (Å²) in [5, 5.41) is 20.6. The van der Waals surface area contributed by atoms with Crippen LogP contribution >= 0.6 is 15.9 Å². The molecule has 0 aliphatic heterocycles. The Bertz CT molecular complexity index is 525. The zero-order valence-electron chi connectivity index (χ0n) is 8.50. The molecule has 6 heteroatoms. The van der Waals surface area contributed by atoms with Crippen LogP contribution in [0.5, 0.6) is 0 Å². The molecule has 0 radical (unpaired) electrons. The maximum atomic E-state index is 8.72. The molecule has 0 N–H and O–H groups in total. The van der Waals surface area contributed by atoms with E-state index in [0.717, 1.165) is 10.0 Å². The molecule has 0 spiro atoms. The number of tetrazole rings is 1. The van der Waals surface area contributed by atoms with Crippen molar-refractivity contribution in [2.24, 2.45) is 0 Å². The predicted octanol–water partition coefficient (Wildman–Crippen LogP) is 2.19. The maximum absolute atomic E-state index is 8.72. The quantitative estimate of drug-likeness (QED) is 0.844. The molecule has 0 amide bonds. The molecule has 80 valence electrons. The highest BCUT2D eigenvalue weighted by atomic mass is 79.9. The van der Waals surface area contributed by atoms with Crippen molar-refractivity contribution in [3.63, 3.8) is 0 Å². The molecule has 1 atom stereocenters. The van der Waals surface area contributed by atoms with Gasteiger partial charge in [-0.25, -0.2) is 0 Å². The highest BCUT2D eigenvalue weighted by Crippen LogP contribution is 2.17. The van der Waals surface area contributed by atoms with Gasteiger partial charge >= 0.3 is 0 Å². The summed E-state index contributed by atoms with van der Waals surface area (Å²) in [6, 6.07) is 9.24. The number of aromatic nitrogens is 4. The van der Waals surface area contributed by atoms with E-state index in [1.54, 1.807) is 6.92 Å². The van der Waals surface area contributed by atoms with Gasteiger partial charge in [0.2, 0.25) is 5.82 Å². The maximum Gasteiger partial charge on any atom is 0.204 e.